The molecule has 1 aromatic rings. The summed E-state index contributed by atoms with van der Waals surface area (Å²) in [6.07, 6.45) is 0. The molecule has 0 aliphatic heterocycles. The summed E-state index contributed by atoms with van der Waals surface area (Å²) in [7, 11) is 1.62. The van der Waals surface area contributed by atoms with Crippen LogP contribution in [0.3, 0.4) is 0 Å². The topological polar surface area (TPSA) is 102 Å². The van der Waals surface area contributed by atoms with Crippen molar-refractivity contribution in [1.29, 1.82) is 5.41 Å². The average molecular weight is 208 g/mol. The number of aliphatic imine (C=N–C) groups is 1. The third-order valence-electron chi connectivity index (χ3n) is 1.82. The molecule has 0 radical (unpaired) electrons. The van der Waals surface area contributed by atoms with E-state index in [4.69, 9.17) is 11.1 Å². The lowest BCUT2D eigenvalue weighted by atomic mass is 10.4. The summed E-state index contributed by atoms with van der Waals surface area (Å²) < 4.78 is 0. The lowest BCUT2D eigenvalue weighted by Crippen LogP contribution is -2.43. The number of aromatic amines is 1. The van der Waals surface area contributed by atoms with E-state index in [1.54, 1.807) is 7.05 Å². The molecule has 1 heterocycles. The minimum absolute atomic E-state index is 0.134. The predicted molar refractivity (Wildman–Crippen MR) is 60.8 cm³/mol. The van der Waals surface area contributed by atoms with E-state index in [-0.39, 0.29) is 5.96 Å². The van der Waals surface area contributed by atoms with Crippen molar-refractivity contribution in [2.75, 3.05) is 7.05 Å². The summed E-state index contributed by atoms with van der Waals surface area (Å²) in [5.41, 5.74) is 7.35. The van der Waals surface area contributed by atoms with Crippen molar-refractivity contribution >= 4 is 11.9 Å². The fourth-order valence-electron chi connectivity index (χ4n) is 1.15. The van der Waals surface area contributed by atoms with Crippen LogP contribution in [-0.4, -0.2) is 24.0 Å². The van der Waals surface area contributed by atoms with Crippen LogP contribution in [-0.2, 0) is 6.54 Å². The first kappa shape index (κ1) is 11.1. The Balaban J connectivity index is 2.45. The lowest BCUT2D eigenvalue weighted by Gasteiger charge is -2.09. The van der Waals surface area contributed by atoms with Gasteiger partial charge in [-0.3, -0.25) is 15.7 Å². The van der Waals surface area contributed by atoms with E-state index < -0.39 is 0 Å². The van der Waals surface area contributed by atoms with Crippen LogP contribution < -0.4 is 16.4 Å². The lowest BCUT2D eigenvalue weighted by molar-refractivity contribution is 0.853. The molecule has 0 bridgehead atoms. The van der Waals surface area contributed by atoms with Crippen LogP contribution in [0.5, 0.6) is 0 Å². The van der Waals surface area contributed by atoms with Gasteiger partial charge in [0.15, 0.2) is 11.9 Å². The molecular formula is C9H16N6. The molecule has 1 aromatic heterocycles. The van der Waals surface area contributed by atoms with E-state index in [2.05, 4.69) is 20.6 Å². The predicted octanol–water partition coefficient (Wildman–Crippen LogP) is -0.118. The number of hydrogen-bond acceptors (Lipinski definition) is 2. The fraction of sp³-hybridized carbons (Fsp3) is 0.333. The zero-order chi connectivity index (χ0) is 11.3. The second kappa shape index (κ2) is 5.04. The van der Waals surface area contributed by atoms with E-state index in [0.717, 1.165) is 11.4 Å². The van der Waals surface area contributed by atoms with Crippen molar-refractivity contribution in [1.82, 2.24) is 15.6 Å². The van der Waals surface area contributed by atoms with Crippen LogP contribution in [0.1, 0.15) is 11.4 Å². The first-order valence-electron chi connectivity index (χ1n) is 4.58. The van der Waals surface area contributed by atoms with E-state index in [1.165, 1.54) is 0 Å². The summed E-state index contributed by atoms with van der Waals surface area (Å²) in [5, 5.41) is 12.7. The highest BCUT2D eigenvalue weighted by atomic mass is 15.2. The maximum Gasteiger partial charge on any atom is 0.198 e. The van der Waals surface area contributed by atoms with Gasteiger partial charge in [0.25, 0.3) is 0 Å². The third kappa shape index (κ3) is 3.72. The van der Waals surface area contributed by atoms with E-state index in [9.17, 15) is 0 Å². The molecule has 0 atom stereocenters. The summed E-state index contributed by atoms with van der Waals surface area (Å²) in [6, 6.07) is 3.99. The molecule has 0 aromatic carbocycles. The fourth-order valence-corrected chi connectivity index (χ4v) is 1.15. The molecule has 0 amide bonds. The standard InChI is InChI=1S/C9H16N6/c1-6-3-4-7(14-6)5-13-9(12-2)15-8(10)11/h3-4,14H,5H2,1-2H3,(H5,10,11,12,13,15). The van der Waals surface area contributed by atoms with Crippen molar-refractivity contribution in [2.45, 2.75) is 13.5 Å². The number of nitrogens with one attached hydrogen (secondary N) is 4. The van der Waals surface area contributed by atoms with Crippen LogP contribution >= 0.6 is 0 Å². The number of aryl methyl sites for hydroxylation is 1. The van der Waals surface area contributed by atoms with E-state index in [0.29, 0.717) is 12.5 Å². The molecule has 0 spiro atoms. The molecule has 1 rings (SSSR count). The van der Waals surface area contributed by atoms with Crippen molar-refractivity contribution < 1.29 is 0 Å². The number of rotatable bonds is 2. The van der Waals surface area contributed by atoms with Gasteiger partial charge in [-0.1, -0.05) is 0 Å². The van der Waals surface area contributed by atoms with Crippen LogP contribution in [0, 0.1) is 12.3 Å². The molecule has 0 aliphatic rings. The average Bonchev–Trinajstić information content (AvgIpc) is 2.58. The number of H-pyrrole nitrogens is 1. The molecule has 0 saturated heterocycles. The van der Waals surface area contributed by atoms with Gasteiger partial charge >= 0.3 is 0 Å². The highest BCUT2D eigenvalue weighted by Crippen LogP contribution is 1.98. The largest absolute Gasteiger partial charge is 0.370 e. The Kier molecular flexibility index (Phi) is 3.73. The quantitative estimate of drug-likeness (QED) is 0.346. The second-order valence-corrected chi connectivity index (χ2v) is 3.13. The Morgan fingerprint density at radius 3 is 2.80 bits per heavy atom. The minimum Gasteiger partial charge on any atom is -0.370 e. The van der Waals surface area contributed by atoms with Gasteiger partial charge in [-0.15, -0.1) is 0 Å². The smallest absolute Gasteiger partial charge is 0.198 e. The number of nitrogens with two attached hydrogens (primary N) is 1. The molecule has 6 N–H and O–H groups in total. The first-order valence-corrected chi connectivity index (χ1v) is 4.58. The zero-order valence-corrected chi connectivity index (χ0v) is 8.89. The Morgan fingerprint density at radius 2 is 2.33 bits per heavy atom. The molecule has 15 heavy (non-hydrogen) atoms. The summed E-state index contributed by atoms with van der Waals surface area (Å²) in [6.45, 7) is 2.60. The molecule has 0 fully saturated rings. The van der Waals surface area contributed by atoms with Gasteiger partial charge in [-0.05, 0) is 19.1 Å². The van der Waals surface area contributed by atoms with E-state index >= 15 is 0 Å². The highest BCUT2D eigenvalue weighted by molar-refractivity contribution is 5.96. The monoisotopic (exact) mass is 208 g/mol. The number of guanidine groups is 2. The summed E-state index contributed by atoms with van der Waals surface area (Å²) in [5.74, 6) is 0.348. The molecular weight excluding hydrogens is 192 g/mol. The number of nitrogens with zero attached hydrogens (tertiary/aromatic N) is 1. The zero-order valence-electron chi connectivity index (χ0n) is 8.89. The van der Waals surface area contributed by atoms with E-state index in [1.807, 2.05) is 19.1 Å². The molecule has 0 saturated carbocycles. The second-order valence-electron chi connectivity index (χ2n) is 3.13. The summed E-state index contributed by atoms with van der Waals surface area (Å²) in [4.78, 5) is 7.09. The van der Waals surface area contributed by atoms with Crippen LogP contribution in [0.15, 0.2) is 17.1 Å². The molecule has 6 heteroatoms. The molecule has 0 unspecified atom stereocenters. The van der Waals surface area contributed by atoms with Crippen molar-refractivity contribution in [2.24, 2.45) is 10.7 Å². The SMILES string of the molecule is C/N=C(/NCc1ccc(C)[nH]1)NC(=N)N. The Labute approximate surface area is 88.5 Å². The van der Waals surface area contributed by atoms with Gasteiger partial charge in [0.05, 0.1) is 6.54 Å². The Morgan fingerprint density at radius 1 is 1.60 bits per heavy atom. The number of aromatic nitrogens is 1. The van der Waals surface area contributed by atoms with Crippen molar-refractivity contribution in [3.05, 3.63) is 23.5 Å². The normalized spacial score (nSPS) is 11.2. The maximum atomic E-state index is 7.05. The molecule has 0 aliphatic carbocycles. The Bertz CT molecular complexity index is 364. The van der Waals surface area contributed by atoms with Crippen LogP contribution in [0.4, 0.5) is 0 Å². The maximum absolute atomic E-state index is 7.05. The van der Waals surface area contributed by atoms with Crippen LogP contribution in [0.25, 0.3) is 0 Å². The molecule has 82 valence electrons. The Hall–Kier alpha value is -1.98. The third-order valence-corrected chi connectivity index (χ3v) is 1.82. The molecule has 6 nitrogen and oxygen atoms in total. The van der Waals surface area contributed by atoms with Gasteiger partial charge in [0, 0.05) is 18.4 Å². The van der Waals surface area contributed by atoms with Gasteiger partial charge < -0.3 is 16.0 Å². The van der Waals surface area contributed by atoms with Gasteiger partial charge in [-0.25, -0.2) is 0 Å². The van der Waals surface area contributed by atoms with Crippen LogP contribution in [0.2, 0.25) is 0 Å². The van der Waals surface area contributed by atoms with Crippen molar-refractivity contribution in [3.63, 3.8) is 0 Å². The van der Waals surface area contributed by atoms with Gasteiger partial charge in [0.2, 0.25) is 0 Å². The van der Waals surface area contributed by atoms with Gasteiger partial charge in [-0.2, -0.15) is 0 Å². The number of hydrogen-bond donors (Lipinski definition) is 5. The van der Waals surface area contributed by atoms with Crippen molar-refractivity contribution in [3.8, 4) is 0 Å². The van der Waals surface area contributed by atoms with Gasteiger partial charge in [0.1, 0.15) is 0 Å². The summed E-state index contributed by atoms with van der Waals surface area (Å²) >= 11 is 0. The first-order chi connectivity index (χ1) is 7.11. The minimum atomic E-state index is -0.134. The highest BCUT2D eigenvalue weighted by Gasteiger charge is 1.99.